The number of amides is 2. The topological polar surface area (TPSA) is 70.7 Å². The second-order valence-corrected chi connectivity index (χ2v) is 6.58. The van der Waals surface area contributed by atoms with Crippen LogP contribution in [0.25, 0.3) is 0 Å². The molecule has 0 aliphatic carbocycles. The molecule has 1 rings (SSSR count). The summed E-state index contributed by atoms with van der Waals surface area (Å²) in [7, 11) is 5.47. The Hall–Kier alpha value is -2.24. The smallest absolute Gasteiger partial charge is 0.408 e. The maximum absolute atomic E-state index is 12.0. The summed E-state index contributed by atoms with van der Waals surface area (Å²) in [6, 6.07) is 7.16. The summed E-state index contributed by atoms with van der Waals surface area (Å²) >= 11 is 0. The summed E-state index contributed by atoms with van der Waals surface area (Å²) in [5.41, 5.74) is 1.43. The second-order valence-electron chi connectivity index (χ2n) is 6.58. The van der Waals surface area contributed by atoms with Crippen LogP contribution < -0.4 is 15.5 Å². The molecule has 0 fully saturated rings. The van der Waals surface area contributed by atoms with Crippen molar-refractivity contribution in [1.29, 1.82) is 0 Å². The number of anilines is 1. The SMILES string of the molecule is CNC(=O)[C@H](Cc1ccc(N(C)C)cc1)NC(=O)OC(C)(C)C. The Bertz CT molecular complexity index is 533. The Kier molecular flexibility index (Phi) is 6.42. The Balaban J connectivity index is 2.78. The minimum absolute atomic E-state index is 0.257. The number of alkyl carbamates (subject to hydrolysis) is 1. The van der Waals surface area contributed by atoms with Crippen molar-refractivity contribution in [3.8, 4) is 0 Å². The van der Waals surface area contributed by atoms with Gasteiger partial charge in [0, 0.05) is 33.3 Å². The molecular weight excluding hydrogens is 294 g/mol. The third-order valence-corrected chi connectivity index (χ3v) is 3.15. The molecule has 1 atom stereocenters. The third kappa shape index (κ3) is 6.59. The Labute approximate surface area is 138 Å². The number of carbonyl (C=O) groups excluding carboxylic acids is 2. The minimum atomic E-state index is -0.681. The highest BCUT2D eigenvalue weighted by Gasteiger charge is 2.23. The van der Waals surface area contributed by atoms with Crippen molar-refractivity contribution in [2.75, 3.05) is 26.0 Å². The van der Waals surface area contributed by atoms with Gasteiger partial charge < -0.3 is 20.3 Å². The summed E-state index contributed by atoms with van der Waals surface area (Å²) in [6.45, 7) is 5.34. The van der Waals surface area contributed by atoms with Gasteiger partial charge in [-0.1, -0.05) is 12.1 Å². The predicted octanol–water partition coefficient (Wildman–Crippen LogP) is 1.93. The summed E-state index contributed by atoms with van der Waals surface area (Å²) < 4.78 is 5.21. The molecule has 1 aromatic carbocycles. The van der Waals surface area contributed by atoms with Crippen molar-refractivity contribution in [3.63, 3.8) is 0 Å². The first-order chi connectivity index (χ1) is 10.6. The van der Waals surface area contributed by atoms with E-state index in [1.165, 1.54) is 0 Å². The first-order valence-corrected chi connectivity index (χ1v) is 7.60. The van der Waals surface area contributed by atoms with Crippen molar-refractivity contribution in [1.82, 2.24) is 10.6 Å². The lowest BCUT2D eigenvalue weighted by Crippen LogP contribution is -2.48. The molecule has 0 radical (unpaired) electrons. The third-order valence-electron chi connectivity index (χ3n) is 3.15. The standard InChI is InChI=1S/C17H27N3O3/c1-17(2,3)23-16(22)19-14(15(21)18-4)11-12-7-9-13(10-8-12)20(5)6/h7-10,14H,11H2,1-6H3,(H,18,21)(H,19,22)/t14-/m0/s1. The maximum Gasteiger partial charge on any atom is 0.408 e. The number of hydrogen-bond acceptors (Lipinski definition) is 4. The lowest BCUT2D eigenvalue weighted by atomic mass is 10.0. The van der Waals surface area contributed by atoms with E-state index in [4.69, 9.17) is 4.74 Å². The van der Waals surface area contributed by atoms with Gasteiger partial charge in [-0.2, -0.15) is 0 Å². The van der Waals surface area contributed by atoms with Crippen molar-refractivity contribution in [2.45, 2.75) is 38.8 Å². The summed E-state index contributed by atoms with van der Waals surface area (Å²) in [5.74, 6) is -0.257. The molecule has 0 spiro atoms. The van der Waals surface area contributed by atoms with Crippen LogP contribution in [-0.2, 0) is 16.0 Å². The Morgan fingerprint density at radius 1 is 1.17 bits per heavy atom. The molecule has 0 unspecified atom stereocenters. The van der Waals surface area contributed by atoms with Crippen molar-refractivity contribution in [3.05, 3.63) is 29.8 Å². The highest BCUT2D eigenvalue weighted by atomic mass is 16.6. The molecule has 23 heavy (non-hydrogen) atoms. The fourth-order valence-corrected chi connectivity index (χ4v) is 2.00. The van der Waals surface area contributed by atoms with Crippen molar-refractivity contribution < 1.29 is 14.3 Å². The number of benzene rings is 1. The molecule has 2 amide bonds. The minimum Gasteiger partial charge on any atom is -0.444 e. The van der Waals surface area contributed by atoms with Crippen LogP contribution in [-0.4, -0.2) is 44.8 Å². The summed E-state index contributed by atoms with van der Waals surface area (Å²) in [6.07, 6.45) is -0.205. The Morgan fingerprint density at radius 2 is 1.74 bits per heavy atom. The highest BCUT2D eigenvalue weighted by molar-refractivity contribution is 5.85. The molecule has 128 valence electrons. The number of hydrogen-bond donors (Lipinski definition) is 2. The molecule has 6 heteroatoms. The monoisotopic (exact) mass is 321 g/mol. The van der Waals surface area contributed by atoms with E-state index in [1.54, 1.807) is 27.8 Å². The molecule has 6 nitrogen and oxygen atoms in total. The summed E-state index contributed by atoms with van der Waals surface area (Å²) in [5, 5.41) is 5.19. The molecule has 2 N–H and O–H groups in total. The van der Waals surface area contributed by atoms with Crippen LogP contribution in [0.2, 0.25) is 0 Å². The van der Waals surface area contributed by atoms with E-state index in [0.29, 0.717) is 6.42 Å². The number of carbonyl (C=O) groups is 2. The van der Waals surface area contributed by atoms with Crippen LogP contribution in [0.4, 0.5) is 10.5 Å². The molecule has 0 aromatic heterocycles. The maximum atomic E-state index is 12.0. The average Bonchev–Trinajstić information content (AvgIpc) is 2.44. The van der Waals surface area contributed by atoms with Gasteiger partial charge in [0.15, 0.2) is 0 Å². The van der Waals surface area contributed by atoms with E-state index in [0.717, 1.165) is 11.3 Å². The van der Waals surface area contributed by atoms with E-state index >= 15 is 0 Å². The lowest BCUT2D eigenvalue weighted by molar-refractivity contribution is -0.122. The van der Waals surface area contributed by atoms with Crippen LogP contribution in [0.15, 0.2) is 24.3 Å². The zero-order chi connectivity index (χ0) is 17.6. The van der Waals surface area contributed by atoms with E-state index in [1.807, 2.05) is 43.3 Å². The average molecular weight is 321 g/mol. The number of nitrogens with zero attached hydrogens (tertiary/aromatic N) is 1. The highest BCUT2D eigenvalue weighted by Crippen LogP contribution is 2.14. The van der Waals surface area contributed by atoms with Crippen LogP contribution in [0.1, 0.15) is 26.3 Å². The van der Waals surface area contributed by atoms with E-state index in [-0.39, 0.29) is 5.91 Å². The lowest BCUT2D eigenvalue weighted by Gasteiger charge is -2.23. The quantitative estimate of drug-likeness (QED) is 0.869. The van der Waals surface area contributed by atoms with Crippen molar-refractivity contribution >= 4 is 17.7 Å². The van der Waals surface area contributed by atoms with E-state index in [9.17, 15) is 9.59 Å². The molecule has 0 saturated carbocycles. The van der Waals surface area contributed by atoms with Crippen LogP contribution in [0, 0.1) is 0 Å². The van der Waals surface area contributed by atoms with Gasteiger partial charge in [-0.05, 0) is 38.5 Å². The second kappa shape index (κ2) is 7.85. The number of ether oxygens (including phenoxy) is 1. The number of rotatable bonds is 5. The molecule has 1 aromatic rings. The molecule has 0 saturated heterocycles. The fraction of sp³-hybridized carbons (Fsp3) is 0.529. The normalized spacial score (nSPS) is 12.3. The van der Waals surface area contributed by atoms with Crippen LogP contribution in [0.3, 0.4) is 0 Å². The predicted molar refractivity (Wildman–Crippen MR) is 91.7 cm³/mol. The molecule has 0 heterocycles. The zero-order valence-corrected chi connectivity index (χ0v) is 14.8. The fourth-order valence-electron chi connectivity index (χ4n) is 2.00. The first kappa shape index (κ1) is 18.8. The van der Waals surface area contributed by atoms with Gasteiger partial charge in [-0.15, -0.1) is 0 Å². The molecule has 0 aliphatic heterocycles. The Morgan fingerprint density at radius 3 is 2.17 bits per heavy atom. The summed E-state index contributed by atoms with van der Waals surface area (Å²) in [4.78, 5) is 25.9. The van der Waals surface area contributed by atoms with Gasteiger partial charge >= 0.3 is 6.09 Å². The molecule has 0 bridgehead atoms. The van der Waals surface area contributed by atoms with Gasteiger partial charge in [0.25, 0.3) is 0 Å². The van der Waals surface area contributed by atoms with Crippen molar-refractivity contribution in [2.24, 2.45) is 0 Å². The van der Waals surface area contributed by atoms with Crippen LogP contribution in [0.5, 0.6) is 0 Å². The van der Waals surface area contributed by atoms with Gasteiger partial charge in [-0.25, -0.2) is 4.79 Å². The first-order valence-electron chi connectivity index (χ1n) is 7.60. The van der Waals surface area contributed by atoms with Crippen LogP contribution >= 0.6 is 0 Å². The zero-order valence-electron chi connectivity index (χ0n) is 14.8. The number of nitrogens with one attached hydrogen (secondary N) is 2. The van der Waals surface area contributed by atoms with E-state index in [2.05, 4.69) is 10.6 Å². The largest absolute Gasteiger partial charge is 0.444 e. The van der Waals surface area contributed by atoms with E-state index < -0.39 is 17.7 Å². The van der Waals surface area contributed by atoms with Gasteiger partial charge in [0.1, 0.15) is 11.6 Å². The van der Waals surface area contributed by atoms with Gasteiger partial charge in [0.2, 0.25) is 5.91 Å². The number of likely N-dealkylation sites (N-methyl/N-ethyl adjacent to an activating group) is 1. The molecular formula is C17H27N3O3. The van der Waals surface area contributed by atoms with Gasteiger partial charge in [0.05, 0.1) is 0 Å². The van der Waals surface area contributed by atoms with Gasteiger partial charge in [-0.3, -0.25) is 4.79 Å². The molecule has 0 aliphatic rings.